The summed E-state index contributed by atoms with van der Waals surface area (Å²) in [5.41, 5.74) is 5.47. The molecule has 0 aliphatic rings. The van der Waals surface area contributed by atoms with Crippen LogP contribution in [0, 0.1) is 0 Å². The maximum Gasteiger partial charge on any atom is 0.241 e. The molecule has 0 atom stereocenters. The molecule has 1 aromatic heterocycles. The molecular weight excluding hydrogens is 248 g/mol. The van der Waals surface area contributed by atoms with Gasteiger partial charge in [-0.1, -0.05) is 12.8 Å². The molecular formula is C12H22N4OS. The van der Waals surface area contributed by atoms with E-state index in [2.05, 4.69) is 16.7 Å². The minimum absolute atomic E-state index is 0.0118. The van der Waals surface area contributed by atoms with E-state index < -0.39 is 0 Å². The van der Waals surface area contributed by atoms with Crippen molar-refractivity contribution < 1.29 is 4.79 Å². The van der Waals surface area contributed by atoms with Crippen LogP contribution in [0.5, 0.6) is 0 Å². The number of nitrogen functional groups attached to an aromatic ring is 1. The van der Waals surface area contributed by atoms with E-state index in [4.69, 9.17) is 5.73 Å². The zero-order chi connectivity index (χ0) is 13.2. The summed E-state index contributed by atoms with van der Waals surface area (Å²) >= 11 is 1.88. The van der Waals surface area contributed by atoms with Crippen LogP contribution >= 0.6 is 11.8 Å². The van der Waals surface area contributed by atoms with Gasteiger partial charge in [-0.2, -0.15) is 16.9 Å². The maximum atomic E-state index is 11.5. The molecule has 0 aliphatic carbocycles. The highest BCUT2D eigenvalue weighted by Gasteiger charge is 2.02. The summed E-state index contributed by atoms with van der Waals surface area (Å²) in [5.74, 6) is 1.66. The minimum atomic E-state index is -0.0118. The summed E-state index contributed by atoms with van der Waals surface area (Å²) < 4.78 is 1.54. The van der Waals surface area contributed by atoms with Crippen molar-refractivity contribution in [3.05, 3.63) is 12.3 Å². The van der Waals surface area contributed by atoms with E-state index >= 15 is 0 Å². The number of nitrogens with two attached hydrogens (primary N) is 1. The molecule has 0 aliphatic heterocycles. The molecule has 1 rings (SSSR count). The largest absolute Gasteiger partial charge is 0.382 e. The van der Waals surface area contributed by atoms with Crippen molar-refractivity contribution in [1.82, 2.24) is 15.1 Å². The summed E-state index contributed by atoms with van der Waals surface area (Å²) in [6.45, 7) is 0.985. The van der Waals surface area contributed by atoms with Gasteiger partial charge in [-0.25, -0.2) is 0 Å². The molecule has 3 N–H and O–H groups in total. The van der Waals surface area contributed by atoms with E-state index in [1.165, 1.54) is 25.0 Å². The molecule has 5 nitrogen and oxygen atoms in total. The Hall–Kier alpha value is -1.17. The van der Waals surface area contributed by atoms with Gasteiger partial charge in [0.25, 0.3) is 0 Å². The number of nitrogens with zero attached hydrogens (tertiary/aromatic N) is 2. The Balaban J connectivity index is 2.00. The Morgan fingerprint density at radius 3 is 2.89 bits per heavy atom. The molecule has 1 aromatic rings. The molecule has 0 saturated heterocycles. The standard InChI is InChI=1S/C12H22N4OS/c1-18-9-5-3-2-4-7-14-12(17)10-16-8-6-11(13)15-16/h6,8H,2-5,7,9-10H2,1H3,(H2,13,15)(H,14,17). The number of amides is 1. The van der Waals surface area contributed by atoms with Gasteiger partial charge in [0, 0.05) is 12.7 Å². The SMILES string of the molecule is CSCCCCCCNC(=O)Cn1ccc(N)n1. The Kier molecular flexibility index (Phi) is 7.32. The highest BCUT2D eigenvalue weighted by Crippen LogP contribution is 2.03. The van der Waals surface area contributed by atoms with Crippen LogP contribution in [0.3, 0.4) is 0 Å². The number of aromatic nitrogens is 2. The van der Waals surface area contributed by atoms with Gasteiger partial charge < -0.3 is 11.1 Å². The summed E-state index contributed by atoms with van der Waals surface area (Å²) in [4.78, 5) is 11.5. The lowest BCUT2D eigenvalue weighted by molar-refractivity contribution is -0.121. The van der Waals surface area contributed by atoms with E-state index in [0.717, 1.165) is 13.0 Å². The first-order chi connectivity index (χ1) is 8.72. The van der Waals surface area contributed by atoms with Gasteiger partial charge in [-0.15, -0.1) is 0 Å². The van der Waals surface area contributed by atoms with Gasteiger partial charge in [0.15, 0.2) is 0 Å². The average Bonchev–Trinajstić information content (AvgIpc) is 2.73. The highest BCUT2D eigenvalue weighted by molar-refractivity contribution is 7.98. The second-order valence-electron chi connectivity index (χ2n) is 4.20. The van der Waals surface area contributed by atoms with Gasteiger partial charge >= 0.3 is 0 Å². The molecule has 0 radical (unpaired) electrons. The number of carbonyl (C=O) groups is 1. The topological polar surface area (TPSA) is 72.9 Å². The Labute approximate surface area is 112 Å². The number of anilines is 1. The second kappa shape index (κ2) is 8.85. The molecule has 1 heterocycles. The van der Waals surface area contributed by atoms with Crippen LogP contribution < -0.4 is 11.1 Å². The lowest BCUT2D eigenvalue weighted by Crippen LogP contribution is -2.28. The van der Waals surface area contributed by atoms with E-state index in [0.29, 0.717) is 5.82 Å². The predicted octanol–water partition coefficient (Wildman–Crippen LogP) is 1.50. The van der Waals surface area contributed by atoms with Crippen molar-refractivity contribution in [3.63, 3.8) is 0 Å². The van der Waals surface area contributed by atoms with Gasteiger partial charge in [-0.3, -0.25) is 9.48 Å². The fourth-order valence-corrected chi connectivity index (χ4v) is 2.11. The fraction of sp³-hybridized carbons (Fsp3) is 0.667. The summed E-state index contributed by atoms with van der Waals surface area (Å²) in [6.07, 6.45) is 8.56. The van der Waals surface area contributed by atoms with Crippen LogP contribution in [-0.4, -0.2) is 34.2 Å². The average molecular weight is 270 g/mol. The zero-order valence-corrected chi connectivity index (χ0v) is 11.7. The monoisotopic (exact) mass is 270 g/mol. The molecule has 0 unspecified atom stereocenters. The molecule has 6 heteroatoms. The van der Waals surface area contributed by atoms with Crippen LogP contribution in [0.1, 0.15) is 25.7 Å². The van der Waals surface area contributed by atoms with Crippen LogP contribution in [-0.2, 0) is 11.3 Å². The number of hydrogen-bond acceptors (Lipinski definition) is 4. The fourth-order valence-electron chi connectivity index (χ4n) is 1.62. The van der Waals surface area contributed by atoms with E-state index in [1.807, 2.05) is 11.8 Å². The summed E-state index contributed by atoms with van der Waals surface area (Å²) in [7, 11) is 0. The highest BCUT2D eigenvalue weighted by atomic mass is 32.2. The normalized spacial score (nSPS) is 10.5. The van der Waals surface area contributed by atoms with Crippen LogP contribution in [0.25, 0.3) is 0 Å². The van der Waals surface area contributed by atoms with Crippen molar-refractivity contribution in [3.8, 4) is 0 Å². The Bertz CT molecular complexity index is 354. The lowest BCUT2D eigenvalue weighted by atomic mass is 10.2. The maximum absolute atomic E-state index is 11.5. The molecule has 1 amide bonds. The smallest absolute Gasteiger partial charge is 0.241 e. The summed E-state index contributed by atoms with van der Waals surface area (Å²) in [5, 5.41) is 6.85. The van der Waals surface area contributed by atoms with E-state index in [1.54, 1.807) is 16.9 Å². The molecule has 0 bridgehead atoms. The first-order valence-electron chi connectivity index (χ1n) is 6.27. The van der Waals surface area contributed by atoms with Gasteiger partial charge in [0.1, 0.15) is 12.4 Å². The molecule has 102 valence electrons. The molecule has 0 saturated carbocycles. The van der Waals surface area contributed by atoms with Gasteiger partial charge in [0.05, 0.1) is 0 Å². The minimum Gasteiger partial charge on any atom is -0.382 e. The van der Waals surface area contributed by atoms with E-state index in [9.17, 15) is 4.79 Å². The third-order valence-corrected chi connectivity index (χ3v) is 3.26. The first-order valence-corrected chi connectivity index (χ1v) is 7.66. The quantitative estimate of drug-likeness (QED) is 0.667. The van der Waals surface area contributed by atoms with Crippen LogP contribution in [0.15, 0.2) is 12.3 Å². The third kappa shape index (κ3) is 6.54. The van der Waals surface area contributed by atoms with Crippen molar-refractivity contribution in [2.45, 2.75) is 32.2 Å². The number of thioether (sulfide) groups is 1. The molecule has 0 fully saturated rings. The van der Waals surface area contributed by atoms with Crippen molar-refractivity contribution in [2.75, 3.05) is 24.3 Å². The Morgan fingerprint density at radius 1 is 1.44 bits per heavy atom. The Morgan fingerprint density at radius 2 is 2.22 bits per heavy atom. The first kappa shape index (κ1) is 14.9. The van der Waals surface area contributed by atoms with Crippen molar-refractivity contribution in [1.29, 1.82) is 0 Å². The zero-order valence-electron chi connectivity index (χ0n) is 10.9. The second-order valence-corrected chi connectivity index (χ2v) is 5.18. The lowest BCUT2D eigenvalue weighted by Gasteiger charge is -2.05. The number of rotatable bonds is 9. The van der Waals surface area contributed by atoms with Crippen LogP contribution in [0.4, 0.5) is 5.82 Å². The number of unbranched alkanes of at least 4 members (excludes halogenated alkanes) is 3. The van der Waals surface area contributed by atoms with Gasteiger partial charge in [-0.05, 0) is 30.9 Å². The summed E-state index contributed by atoms with van der Waals surface area (Å²) in [6, 6.07) is 1.68. The number of nitrogens with one attached hydrogen (secondary N) is 1. The number of carbonyl (C=O) groups excluding carboxylic acids is 1. The molecule has 0 aromatic carbocycles. The number of hydrogen-bond donors (Lipinski definition) is 2. The van der Waals surface area contributed by atoms with Crippen LogP contribution in [0.2, 0.25) is 0 Å². The molecule has 0 spiro atoms. The predicted molar refractivity (Wildman–Crippen MR) is 76.5 cm³/mol. The van der Waals surface area contributed by atoms with Crippen molar-refractivity contribution >= 4 is 23.5 Å². The van der Waals surface area contributed by atoms with Gasteiger partial charge in [0.2, 0.25) is 5.91 Å². The van der Waals surface area contributed by atoms with Crippen molar-refractivity contribution in [2.24, 2.45) is 0 Å². The molecule has 18 heavy (non-hydrogen) atoms. The third-order valence-electron chi connectivity index (χ3n) is 2.56. The van der Waals surface area contributed by atoms with E-state index in [-0.39, 0.29) is 12.5 Å².